The van der Waals surface area contributed by atoms with E-state index in [4.69, 9.17) is 14.2 Å². The van der Waals surface area contributed by atoms with Crippen LogP contribution in [0.2, 0.25) is 0 Å². The number of thiophene rings is 2. The lowest BCUT2D eigenvalue weighted by Gasteiger charge is -2.22. The summed E-state index contributed by atoms with van der Waals surface area (Å²) in [6, 6.07) is 53.5. The van der Waals surface area contributed by atoms with Crippen molar-refractivity contribution in [1.29, 1.82) is 0 Å². The van der Waals surface area contributed by atoms with Crippen molar-refractivity contribution in [3.63, 3.8) is 0 Å². The number of ether oxygens (including phenoxy) is 3. The highest BCUT2D eigenvalue weighted by Crippen LogP contribution is 2.30. The Hall–Kier alpha value is -7.60. The average Bonchev–Trinajstić information content (AvgIpc) is 4.03. The number of benzene rings is 6. The molecule has 6 aromatic carbocycles. The quantitative estimate of drug-likeness (QED) is 0.0438. The Labute approximate surface area is 385 Å². The zero-order valence-corrected chi connectivity index (χ0v) is 36.8. The van der Waals surface area contributed by atoms with E-state index in [9.17, 15) is 19.2 Å². The summed E-state index contributed by atoms with van der Waals surface area (Å²) in [5.41, 5.74) is 5.41. The molecule has 8 rings (SSSR count). The van der Waals surface area contributed by atoms with Gasteiger partial charge in [-0.2, -0.15) is 0 Å². The number of carbonyl (C=O) groups excluding carboxylic acids is 4. The molecular weight excluding hydrogens is 853 g/mol. The predicted molar refractivity (Wildman–Crippen MR) is 256 cm³/mol. The number of ketones is 2. The monoisotopic (exact) mass is 896 g/mol. The summed E-state index contributed by atoms with van der Waals surface area (Å²) in [6.45, 7) is 0.786. The summed E-state index contributed by atoms with van der Waals surface area (Å²) in [7, 11) is 0. The Bertz CT molecular complexity index is 2620. The summed E-state index contributed by atoms with van der Waals surface area (Å²) in [5.74, 6) is -0.798. The van der Waals surface area contributed by atoms with Gasteiger partial charge >= 0.3 is 11.9 Å². The van der Waals surface area contributed by atoms with E-state index >= 15 is 0 Å². The third-order valence-corrected chi connectivity index (χ3v) is 12.2. The van der Waals surface area contributed by atoms with E-state index in [2.05, 4.69) is 10.6 Å². The fraction of sp³-hybridized carbons (Fsp3) is 0.111. The molecule has 0 aliphatic heterocycles. The topological polar surface area (TPSA) is 120 Å². The first-order valence-electron chi connectivity index (χ1n) is 21.0. The molecule has 2 heterocycles. The summed E-state index contributed by atoms with van der Waals surface area (Å²) in [6.07, 6.45) is 0.230. The molecule has 324 valence electrons. The molecule has 0 aliphatic rings. The summed E-state index contributed by atoms with van der Waals surface area (Å²) < 4.78 is 17.8. The first-order valence-corrected chi connectivity index (χ1v) is 22.8. The standard InChI is InChI=1S/C54H44N2O7S2/c57-49(41-17-9-3-10-18-41)45-29-31-65-52(45)56-48(34-38-23-27-44(28-24-38)62-36-40-15-7-2-8-16-40)54(60)63-53(59)47(55-46-30-32-64-51(46)50(58)42-19-11-4-12-20-42)33-37-21-25-43(26-22-37)61-35-39-13-5-1-6-14-39/h1-32,47-48,55-56H,33-36H2. The lowest BCUT2D eigenvalue weighted by atomic mass is 10.0. The predicted octanol–water partition coefficient (Wildman–Crippen LogP) is 11.2. The Morgan fingerprint density at radius 3 is 1.40 bits per heavy atom. The van der Waals surface area contributed by atoms with Crippen LogP contribution < -0.4 is 20.1 Å². The molecule has 0 saturated heterocycles. The molecule has 65 heavy (non-hydrogen) atoms. The van der Waals surface area contributed by atoms with Crippen molar-refractivity contribution in [1.82, 2.24) is 0 Å². The molecule has 8 aromatic rings. The van der Waals surface area contributed by atoms with Crippen molar-refractivity contribution in [3.8, 4) is 11.5 Å². The van der Waals surface area contributed by atoms with Gasteiger partial charge in [0.2, 0.25) is 5.78 Å². The second-order valence-corrected chi connectivity index (χ2v) is 16.9. The van der Waals surface area contributed by atoms with Crippen molar-refractivity contribution in [2.45, 2.75) is 38.1 Å². The molecule has 0 spiro atoms. The SMILES string of the molecule is O=C(c1ccccc1)c1ccsc1NC(Cc1ccc(OCc2ccccc2)cc1)C(=O)OC(=O)C(Cc1ccc(OCc2ccccc2)cc1)Nc1ccsc1C(=O)c1ccccc1. The lowest BCUT2D eigenvalue weighted by molar-refractivity contribution is -0.160. The number of hydrogen-bond donors (Lipinski definition) is 2. The Morgan fingerprint density at radius 1 is 0.446 bits per heavy atom. The van der Waals surface area contributed by atoms with Gasteiger partial charge in [-0.3, -0.25) is 9.59 Å². The van der Waals surface area contributed by atoms with Gasteiger partial charge in [0.1, 0.15) is 41.8 Å². The van der Waals surface area contributed by atoms with E-state index in [1.165, 1.54) is 22.7 Å². The van der Waals surface area contributed by atoms with E-state index in [-0.39, 0.29) is 24.4 Å². The van der Waals surface area contributed by atoms with Crippen LogP contribution >= 0.6 is 22.7 Å². The van der Waals surface area contributed by atoms with Gasteiger partial charge in [0, 0.05) is 24.0 Å². The van der Waals surface area contributed by atoms with Gasteiger partial charge in [0.05, 0.1) is 16.1 Å². The third kappa shape index (κ3) is 11.9. The number of nitrogens with one attached hydrogen (secondary N) is 2. The molecule has 0 saturated carbocycles. The molecule has 0 aliphatic carbocycles. The van der Waals surface area contributed by atoms with Crippen LogP contribution in [0, 0.1) is 0 Å². The minimum Gasteiger partial charge on any atom is -0.489 e. The normalized spacial score (nSPS) is 11.8. The molecule has 2 aromatic heterocycles. The second kappa shape index (κ2) is 21.7. The van der Waals surface area contributed by atoms with Gasteiger partial charge in [-0.1, -0.05) is 146 Å². The van der Waals surface area contributed by atoms with Crippen LogP contribution in [0.3, 0.4) is 0 Å². The van der Waals surface area contributed by atoms with Gasteiger partial charge in [-0.25, -0.2) is 9.59 Å². The van der Waals surface area contributed by atoms with E-state index in [0.717, 1.165) is 22.3 Å². The number of carbonyl (C=O) groups is 4. The molecular formula is C54H44N2O7S2. The van der Waals surface area contributed by atoms with Crippen molar-refractivity contribution >= 4 is 56.9 Å². The fourth-order valence-corrected chi connectivity index (χ4v) is 8.69. The molecule has 0 bridgehead atoms. The van der Waals surface area contributed by atoms with Crippen molar-refractivity contribution in [2.75, 3.05) is 10.6 Å². The van der Waals surface area contributed by atoms with E-state index < -0.39 is 24.0 Å². The van der Waals surface area contributed by atoms with Crippen molar-refractivity contribution in [2.24, 2.45) is 0 Å². The van der Waals surface area contributed by atoms with Crippen molar-refractivity contribution < 1.29 is 33.4 Å². The zero-order valence-electron chi connectivity index (χ0n) is 35.1. The first-order chi connectivity index (χ1) is 31.9. The molecule has 0 amide bonds. The maximum Gasteiger partial charge on any atom is 0.336 e. The zero-order chi connectivity index (χ0) is 44.8. The van der Waals surface area contributed by atoms with Crippen LogP contribution in [-0.2, 0) is 40.4 Å². The average molecular weight is 897 g/mol. The molecule has 11 heteroatoms. The second-order valence-electron chi connectivity index (χ2n) is 15.1. The molecule has 0 fully saturated rings. The van der Waals surface area contributed by atoms with Crippen LogP contribution in [0.4, 0.5) is 10.7 Å². The van der Waals surface area contributed by atoms with Gasteiger partial charge < -0.3 is 24.8 Å². The van der Waals surface area contributed by atoms with Crippen LogP contribution in [0.15, 0.2) is 193 Å². The molecule has 2 atom stereocenters. The molecule has 0 radical (unpaired) electrons. The maximum atomic E-state index is 14.4. The highest BCUT2D eigenvalue weighted by molar-refractivity contribution is 7.14. The highest BCUT2D eigenvalue weighted by Gasteiger charge is 2.31. The lowest BCUT2D eigenvalue weighted by Crippen LogP contribution is -2.40. The van der Waals surface area contributed by atoms with Gasteiger partial charge in [-0.05, 0) is 69.4 Å². The van der Waals surface area contributed by atoms with Crippen LogP contribution in [0.1, 0.15) is 53.4 Å². The number of anilines is 2. The summed E-state index contributed by atoms with van der Waals surface area (Å²) >= 11 is 2.53. The van der Waals surface area contributed by atoms with E-state index in [1.807, 2.05) is 121 Å². The van der Waals surface area contributed by atoms with Gasteiger partial charge in [-0.15, -0.1) is 22.7 Å². The minimum absolute atomic E-state index is 0.114. The smallest absolute Gasteiger partial charge is 0.336 e. The first kappa shape index (κ1) is 44.0. The molecule has 2 N–H and O–H groups in total. The number of rotatable bonds is 20. The van der Waals surface area contributed by atoms with Gasteiger partial charge in [0.15, 0.2) is 5.78 Å². The maximum absolute atomic E-state index is 14.4. The van der Waals surface area contributed by atoms with E-state index in [1.54, 1.807) is 71.4 Å². The Balaban J connectivity index is 1.04. The van der Waals surface area contributed by atoms with E-state index in [0.29, 0.717) is 57.0 Å². The highest BCUT2D eigenvalue weighted by atomic mass is 32.1. The summed E-state index contributed by atoms with van der Waals surface area (Å²) in [5, 5.41) is 10.5. The molecule has 2 unspecified atom stereocenters. The minimum atomic E-state index is -1.09. The number of hydrogen-bond acceptors (Lipinski definition) is 11. The Morgan fingerprint density at radius 2 is 0.892 bits per heavy atom. The summed E-state index contributed by atoms with van der Waals surface area (Å²) in [4.78, 5) is 56.6. The van der Waals surface area contributed by atoms with Gasteiger partial charge in [0.25, 0.3) is 0 Å². The molecule has 9 nitrogen and oxygen atoms in total. The van der Waals surface area contributed by atoms with Crippen LogP contribution in [0.5, 0.6) is 11.5 Å². The van der Waals surface area contributed by atoms with Crippen LogP contribution in [0.25, 0.3) is 0 Å². The number of esters is 2. The largest absolute Gasteiger partial charge is 0.489 e. The fourth-order valence-electron chi connectivity index (χ4n) is 7.03. The van der Waals surface area contributed by atoms with Crippen LogP contribution in [-0.4, -0.2) is 35.6 Å². The van der Waals surface area contributed by atoms with Crippen molar-refractivity contribution in [3.05, 3.63) is 237 Å². The Kier molecular flexibility index (Phi) is 14.7. The third-order valence-electron chi connectivity index (χ3n) is 10.5.